The number of hydrogen-bond donors (Lipinski definition) is 1. The van der Waals surface area contributed by atoms with E-state index < -0.39 is 0 Å². The molecule has 34 heavy (non-hydrogen) atoms. The summed E-state index contributed by atoms with van der Waals surface area (Å²) in [6.45, 7) is 3.29. The zero-order chi connectivity index (χ0) is 23.6. The van der Waals surface area contributed by atoms with Gasteiger partial charge in [-0.3, -0.25) is 9.59 Å². The Morgan fingerprint density at radius 3 is 2.44 bits per heavy atom. The van der Waals surface area contributed by atoms with Crippen LogP contribution in [-0.4, -0.2) is 45.9 Å². The molecule has 2 amide bonds. The molecule has 1 N–H and O–H groups in total. The van der Waals surface area contributed by atoms with Crippen LogP contribution in [0.15, 0.2) is 24.3 Å². The lowest BCUT2D eigenvalue weighted by Gasteiger charge is -2.21. The predicted molar refractivity (Wildman–Crippen MR) is 137 cm³/mol. The number of carbonyl (C=O) groups excluding carboxylic acids is 2. The highest BCUT2D eigenvalue weighted by molar-refractivity contribution is 5.79. The van der Waals surface area contributed by atoms with Gasteiger partial charge in [-0.1, -0.05) is 50.7 Å². The highest BCUT2D eigenvalue weighted by Gasteiger charge is 2.20. The molecule has 1 aromatic carbocycles. The fourth-order valence-corrected chi connectivity index (χ4v) is 5.56. The fourth-order valence-electron chi connectivity index (χ4n) is 5.56. The predicted octanol–water partition coefficient (Wildman–Crippen LogP) is 5.24. The second kappa shape index (κ2) is 12.9. The normalized spacial score (nSPS) is 17.6. The molecule has 1 aliphatic heterocycles. The number of nitrogens with zero attached hydrogens (tertiary/aromatic N) is 3. The largest absolute Gasteiger partial charge is 0.356 e. The third-order valence-electron chi connectivity index (χ3n) is 7.59. The van der Waals surface area contributed by atoms with Crippen molar-refractivity contribution in [2.75, 3.05) is 19.6 Å². The van der Waals surface area contributed by atoms with Gasteiger partial charge in [0.1, 0.15) is 5.82 Å². The maximum absolute atomic E-state index is 12.9. The lowest BCUT2D eigenvalue weighted by Crippen LogP contribution is -2.32. The molecular formula is C28H42N4O2. The van der Waals surface area contributed by atoms with E-state index in [0.717, 1.165) is 87.9 Å². The lowest BCUT2D eigenvalue weighted by atomic mass is 9.89. The standard InChI is InChI=1S/C28H42N4O2/c33-27(31-20-11-1-2-12-21-31)18-22-32-25-16-9-8-15-24(25)30-26(32)17-7-4-10-19-29-28(34)23-13-5-3-6-14-23/h8-9,15-16,23H,1-7,10-14,17-22H2,(H,29,34). The summed E-state index contributed by atoms with van der Waals surface area (Å²) in [7, 11) is 0. The zero-order valence-electron chi connectivity index (χ0n) is 20.8. The summed E-state index contributed by atoms with van der Waals surface area (Å²) in [5, 5.41) is 3.15. The van der Waals surface area contributed by atoms with Crippen molar-refractivity contribution in [3.05, 3.63) is 30.1 Å². The number of benzene rings is 1. The van der Waals surface area contributed by atoms with E-state index in [0.29, 0.717) is 13.0 Å². The van der Waals surface area contributed by atoms with Crippen molar-refractivity contribution >= 4 is 22.8 Å². The van der Waals surface area contributed by atoms with Crippen molar-refractivity contribution in [1.29, 1.82) is 0 Å². The van der Waals surface area contributed by atoms with Crippen LogP contribution in [0, 0.1) is 5.92 Å². The number of fused-ring (bicyclic) bond motifs is 1. The smallest absolute Gasteiger partial charge is 0.224 e. The van der Waals surface area contributed by atoms with Crippen molar-refractivity contribution in [1.82, 2.24) is 19.8 Å². The second-order valence-electron chi connectivity index (χ2n) is 10.2. The van der Waals surface area contributed by atoms with Gasteiger partial charge in [-0.05, 0) is 50.7 Å². The second-order valence-corrected chi connectivity index (χ2v) is 10.2. The van der Waals surface area contributed by atoms with Gasteiger partial charge in [-0.2, -0.15) is 0 Å². The van der Waals surface area contributed by atoms with Crippen LogP contribution in [0.1, 0.15) is 89.3 Å². The van der Waals surface area contributed by atoms with E-state index in [1.807, 2.05) is 6.07 Å². The van der Waals surface area contributed by atoms with Crippen LogP contribution in [0.3, 0.4) is 0 Å². The minimum Gasteiger partial charge on any atom is -0.356 e. The molecule has 0 radical (unpaired) electrons. The number of carbonyl (C=O) groups is 2. The Morgan fingerprint density at radius 1 is 0.912 bits per heavy atom. The highest BCUT2D eigenvalue weighted by Crippen LogP contribution is 2.23. The minimum absolute atomic E-state index is 0.241. The molecule has 2 heterocycles. The summed E-state index contributed by atoms with van der Waals surface area (Å²) in [5.41, 5.74) is 2.14. The molecule has 4 rings (SSSR count). The molecule has 6 heteroatoms. The van der Waals surface area contributed by atoms with Crippen molar-refractivity contribution < 1.29 is 9.59 Å². The van der Waals surface area contributed by atoms with Gasteiger partial charge < -0.3 is 14.8 Å². The number of rotatable bonds is 10. The zero-order valence-corrected chi connectivity index (χ0v) is 20.8. The maximum Gasteiger partial charge on any atom is 0.224 e. The average Bonchev–Trinajstić information content (AvgIpc) is 3.02. The minimum atomic E-state index is 0.241. The molecule has 0 spiro atoms. The number of likely N-dealkylation sites (tertiary alicyclic amines) is 1. The fraction of sp³-hybridized carbons (Fsp3) is 0.679. The van der Waals surface area contributed by atoms with Gasteiger partial charge in [-0.15, -0.1) is 0 Å². The Labute approximate surface area is 204 Å². The lowest BCUT2D eigenvalue weighted by molar-refractivity contribution is -0.131. The number of hydrogen-bond acceptors (Lipinski definition) is 3. The molecule has 1 saturated heterocycles. The van der Waals surface area contributed by atoms with E-state index in [1.54, 1.807) is 0 Å². The molecule has 0 atom stereocenters. The molecule has 2 aromatic rings. The molecule has 1 aliphatic carbocycles. The number of unbranched alkanes of at least 4 members (excludes halogenated alkanes) is 2. The van der Waals surface area contributed by atoms with Crippen LogP contribution in [0.5, 0.6) is 0 Å². The Balaban J connectivity index is 1.25. The molecular weight excluding hydrogens is 424 g/mol. The first kappa shape index (κ1) is 24.7. The molecule has 2 fully saturated rings. The maximum atomic E-state index is 12.9. The number of aromatic nitrogens is 2. The van der Waals surface area contributed by atoms with E-state index in [-0.39, 0.29) is 17.7 Å². The Hall–Kier alpha value is -2.37. The van der Waals surface area contributed by atoms with Crippen LogP contribution >= 0.6 is 0 Å². The molecule has 0 bridgehead atoms. The van der Waals surface area contributed by atoms with E-state index in [4.69, 9.17) is 4.98 Å². The van der Waals surface area contributed by atoms with Gasteiger partial charge in [0.2, 0.25) is 11.8 Å². The summed E-state index contributed by atoms with van der Waals surface area (Å²) in [6, 6.07) is 8.26. The van der Waals surface area contributed by atoms with Crippen LogP contribution in [0.2, 0.25) is 0 Å². The number of imidazole rings is 1. The number of para-hydroxylation sites is 2. The third-order valence-corrected chi connectivity index (χ3v) is 7.59. The Morgan fingerprint density at radius 2 is 1.65 bits per heavy atom. The van der Waals surface area contributed by atoms with Gasteiger partial charge >= 0.3 is 0 Å². The third kappa shape index (κ3) is 6.83. The summed E-state index contributed by atoms with van der Waals surface area (Å²) in [6.07, 6.45) is 15.1. The van der Waals surface area contributed by atoms with Crippen LogP contribution < -0.4 is 5.32 Å². The first-order valence-corrected chi connectivity index (χ1v) is 13.7. The highest BCUT2D eigenvalue weighted by atomic mass is 16.2. The van der Waals surface area contributed by atoms with Crippen LogP contribution in [-0.2, 0) is 22.6 Å². The summed E-state index contributed by atoms with van der Waals surface area (Å²) >= 11 is 0. The van der Waals surface area contributed by atoms with E-state index in [2.05, 4.69) is 33.0 Å². The molecule has 6 nitrogen and oxygen atoms in total. The quantitative estimate of drug-likeness (QED) is 0.487. The Kier molecular flexibility index (Phi) is 9.40. The number of aryl methyl sites for hydroxylation is 2. The monoisotopic (exact) mass is 466 g/mol. The van der Waals surface area contributed by atoms with Crippen LogP contribution in [0.25, 0.3) is 11.0 Å². The number of amides is 2. The summed E-state index contributed by atoms with van der Waals surface area (Å²) in [4.78, 5) is 32.1. The van der Waals surface area contributed by atoms with Crippen molar-refractivity contribution in [2.45, 2.75) is 96.4 Å². The van der Waals surface area contributed by atoms with Gasteiger partial charge in [0, 0.05) is 44.9 Å². The molecule has 186 valence electrons. The van der Waals surface area contributed by atoms with E-state index in [9.17, 15) is 9.59 Å². The van der Waals surface area contributed by atoms with E-state index >= 15 is 0 Å². The van der Waals surface area contributed by atoms with Gasteiger partial charge in [0.05, 0.1) is 11.0 Å². The number of nitrogens with one attached hydrogen (secondary N) is 1. The van der Waals surface area contributed by atoms with Crippen molar-refractivity contribution in [3.8, 4) is 0 Å². The Bertz CT molecular complexity index is 924. The van der Waals surface area contributed by atoms with Crippen molar-refractivity contribution in [3.63, 3.8) is 0 Å². The topological polar surface area (TPSA) is 67.2 Å². The van der Waals surface area contributed by atoms with Crippen molar-refractivity contribution in [2.24, 2.45) is 5.92 Å². The van der Waals surface area contributed by atoms with Gasteiger partial charge in [-0.25, -0.2) is 4.98 Å². The van der Waals surface area contributed by atoms with E-state index in [1.165, 1.54) is 32.1 Å². The van der Waals surface area contributed by atoms with Gasteiger partial charge in [0.25, 0.3) is 0 Å². The molecule has 0 unspecified atom stereocenters. The summed E-state index contributed by atoms with van der Waals surface area (Å²) < 4.78 is 2.26. The van der Waals surface area contributed by atoms with Crippen LogP contribution in [0.4, 0.5) is 0 Å². The molecule has 2 aliphatic rings. The SMILES string of the molecule is O=C(NCCCCCc1nc2ccccc2n1CCC(=O)N1CCCCCC1)C1CCCCC1. The first-order valence-electron chi connectivity index (χ1n) is 13.7. The molecule has 1 aromatic heterocycles. The first-order chi connectivity index (χ1) is 16.7. The van der Waals surface area contributed by atoms with Gasteiger partial charge in [0.15, 0.2) is 0 Å². The molecule has 1 saturated carbocycles. The summed E-state index contributed by atoms with van der Waals surface area (Å²) in [5.74, 6) is 1.86. The average molecular weight is 467 g/mol.